The quantitative estimate of drug-likeness (QED) is 0.0813. The number of allylic oxidation sites excluding steroid dienone is 6. The summed E-state index contributed by atoms with van der Waals surface area (Å²) < 4.78 is 22.3. The van der Waals surface area contributed by atoms with Gasteiger partial charge in [0.1, 0.15) is 30.5 Å². The number of ether oxygens (including phenoxy) is 4. The molecule has 232 valence electrons. The number of aliphatic hydroxyl groups excluding tert-OH is 4. The first-order valence-corrected chi connectivity index (χ1v) is 15.1. The summed E-state index contributed by atoms with van der Waals surface area (Å²) in [5.41, 5.74) is 0. The molecule has 4 N–H and O–H groups in total. The van der Waals surface area contributed by atoms with Crippen molar-refractivity contribution < 1.29 is 44.2 Å². The molecule has 1 fully saturated rings. The molecule has 1 aliphatic heterocycles. The molecule has 0 aromatic rings. The summed E-state index contributed by atoms with van der Waals surface area (Å²) in [6.07, 6.45) is 16.8. The van der Waals surface area contributed by atoms with Gasteiger partial charge in [0.05, 0.1) is 19.8 Å². The third-order valence-corrected chi connectivity index (χ3v) is 6.57. The molecule has 40 heavy (non-hydrogen) atoms. The van der Waals surface area contributed by atoms with E-state index in [2.05, 4.69) is 50.3 Å². The third kappa shape index (κ3) is 16.6. The minimum atomic E-state index is -1.53. The number of hydrogen-bond acceptors (Lipinski definition) is 9. The minimum Gasteiger partial charge on any atom is -0.457 e. The van der Waals surface area contributed by atoms with Gasteiger partial charge in [-0.1, -0.05) is 76.0 Å². The van der Waals surface area contributed by atoms with Gasteiger partial charge in [-0.2, -0.15) is 0 Å². The van der Waals surface area contributed by atoms with Crippen molar-refractivity contribution in [2.75, 3.05) is 26.4 Å². The topological polar surface area (TPSA) is 135 Å². The van der Waals surface area contributed by atoms with Gasteiger partial charge in [-0.3, -0.25) is 4.79 Å². The Morgan fingerprint density at radius 2 is 1.52 bits per heavy atom. The number of esters is 1. The second kappa shape index (κ2) is 24.1. The zero-order chi connectivity index (χ0) is 29.4. The fraction of sp³-hybridized carbons (Fsp3) is 0.774. The van der Waals surface area contributed by atoms with E-state index in [0.29, 0.717) is 13.0 Å². The van der Waals surface area contributed by atoms with Crippen LogP contribution in [0.4, 0.5) is 0 Å². The smallest absolute Gasteiger partial charge is 0.306 e. The van der Waals surface area contributed by atoms with E-state index in [0.717, 1.165) is 70.6 Å². The van der Waals surface area contributed by atoms with Gasteiger partial charge in [0, 0.05) is 13.0 Å². The number of carbonyl (C=O) groups excluding carboxylic acids is 1. The molecule has 1 saturated heterocycles. The van der Waals surface area contributed by atoms with Crippen LogP contribution in [0.2, 0.25) is 0 Å². The first-order valence-electron chi connectivity index (χ1n) is 15.1. The van der Waals surface area contributed by atoms with Crippen molar-refractivity contribution in [1.82, 2.24) is 0 Å². The van der Waals surface area contributed by atoms with Crippen molar-refractivity contribution in [2.45, 2.75) is 128 Å². The molecule has 0 saturated carbocycles. The summed E-state index contributed by atoms with van der Waals surface area (Å²) in [6, 6.07) is 0. The summed E-state index contributed by atoms with van der Waals surface area (Å²) in [5, 5.41) is 39.5. The van der Waals surface area contributed by atoms with Gasteiger partial charge >= 0.3 is 5.97 Å². The van der Waals surface area contributed by atoms with Crippen LogP contribution in [0.1, 0.15) is 90.9 Å². The van der Waals surface area contributed by atoms with Crippen LogP contribution in [0.5, 0.6) is 0 Å². The molecule has 0 amide bonds. The molecule has 0 spiro atoms. The molecule has 6 atom stereocenters. The molecule has 1 rings (SSSR count). The molecule has 0 bridgehead atoms. The molecular formula is C31H54O9. The van der Waals surface area contributed by atoms with E-state index in [1.165, 1.54) is 0 Å². The van der Waals surface area contributed by atoms with E-state index in [-0.39, 0.29) is 19.2 Å². The molecular weight excluding hydrogens is 516 g/mol. The van der Waals surface area contributed by atoms with Gasteiger partial charge in [0.2, 0.25) is 0 Å². The van der Waals surface area contributed by atoms with Crippen molar-refractivity contribution in [3.63, 3.8) is 0 Å². The Morgan fingerprint density at radius 1 is 0.825 bits per heavy atom. The monoisotopic (exact) mass is 570 g/mol. The average molecular weight is 571 g/mol. The lowest BCUT2D eigenvalue weighted by Gasteiger charge is -2.39. The van der Waals surface area contributed by atoms with Crippen molar-refractivity contribution in [3.8, 4) is 0 Å². The number of hydrogen-bond donors (Lipinski definition) is 4. The van der Waals surface area contributed by atoms with Crippen LogP contribution >= 0.6 is 0 Å². The van der Waals surface area contributed by atoms with E-state index in [4.69, 9.17) is 18.9 Å². The zero-order valence-electron chi connectivity index (χ0n) is 24.6. The maximum absolute atomic E-state index is 12.3. The van der Waals surface area contributed by atoms with Gasteiger partial charge in [-0.25, -0.2) is 0 Å². The molecule has 9 heteroatoms. The van der Waals surface area contributed by atoms with Gasteiger partial charge in [0.15, 0.2) is 6.29 Å². The fourth-order valence-electron chi connectivity index (χ4n) is 4.15. The van der Waals surface area contributed by atoms with Gasteiger partial charge in [-0.05, 0) is 44.9 Å². The molecule has 1 heterocycles. The largest absolute Gasteiger partial charge is 0.457 e. The lowest BCUT2D eigenvalue weighted by Crippen LogP contribution is -2.59. The van der Waals surface area contributed by atoms with Crippen LogP contribution in [0.15, 0.2) is 36.5 Å². The highest BCUT2D eigenvalue weighted by molar-refractivity contribution is 5.69. The first-order chi connectivity index (χ1) is 19.4. The highest BCUT2D eigenvalue weighted by Crippen LogP contribution is 2.22. The van der Waals surface area contributed by atoms with Crippen LogP contribution in [0.3, 0.4) is 0 Å². The Morgan fingerprint density at radius 3 is 2.23 bits per heavy atom. The summed E-state index contributed by atoms with van der Waals surface area (Å²) >= 11 is 0. The fourth-order valence-corrected chi connectivity index (χ4v) is 4.15. The highest BCUT2D eigenvalue weighted by atomic mass is 16.7. The lowest BCUT2D eigenvalue weighted by atomic mass is 9.99. The van der Waals surface area contributed by atoms with Crippen molar-refractivity contribution in [3.05, 3.63) is 36.5 Å². The normalized spacial score (nSPS) is 24.4. The Kier molecular flexibility index (Phi) is 21.9. The van der Waals surface area contributed by atoms with Crippen LogP contribution in [-0.4, -0.2) is 89.6 Å². The Bertz CT molecular complexity index is 707. The molecule has 0 aromatic heterocycles. The second-order valence-corrected chi connectivity index (χ2v) is 10.2. The van der Waals surface area contributed by atoms with E-state index in [9.17, 15) is 25.2 Å². The van der Waals surface area contributed by atoms with E-state index in [1.54, 1.807) is 0 Å². The van der Waals surface area contributed by atoms with Crippen LogP contribution in [0, 0.1) is 0 Å². The highest BCUT2D eigenvalue weighted by Gasteiger charge is 2.44. The predicted molar refractivity (Wildman–Crippen MR) is 155 cm³/mol. The van der Waals surface area contributed by atoms with Crippen molar-refractivity contribution in [1.29, 1.82) is 0 Å². The summed E-state index contributed by atoms with van der Waals surface area (Å²) in [7, 11) is 0. The lowest BCUT2D eigenvalue weighted by molar-refractivity contribution is -0.305. The Labute approximate surface area is 240 Å². The molecule has 6 unspecified atom stereocenters. The maximum atomic E-state index is 12.3. The first kappa shape index (κ1) is 36.4. The van der Waals surface area contributed by atoms with Crippen LogP contribution in [0.25, 0.3) is 0 Å². The standard InChI is InChI=1S/C31H54O9/c1-3-5-7-8-9-10-11-12-13-14-15-16-17-19-21-37-23-25(39-27(33)20-18-6-4-2)24-38-31-30(36)29(35)28(34)26(22-32)40-31/h5,7,9-10,12-13,25-26,28-32,34-36H,3-4,6,8,11,14-24H2,1-2H3/b7-5-,10-9-,13-12-. The van der Waals surface area contributed by atoms with Gasteiger partial charge < -0.3 is 39.4 Å². The summed E-state index contributed by atoms with van der Waals surface area (Å²) in [4.78, 5) is 12.3. The molecule has 0 aliphatic carbocycles. The molecule has 0 radical (unpaired) electrons. The number of carbonyl (C=O) groups is 1. The number of unbranched alkanes of at least 4 members (excludes halogenated alkanes) is 6. The predicted octanol–water partition coefficient (Wildman–Crippen LogP) is 4.12. The molecule has 0 aromatic carbocycles. The van der Waals surface area contributed by atoms with Gasteiger partial charge in [0.25, 0.3) is 0 Å². The Hall–Kier alpha value is -1.59. The van der Waals surface area contributed by atoms with E-state index in [1.807, 2.05) is 0 Å². The van der Waals surface area contributed by atoms with Gasteiger partial charge in [-0.15, -0.1) is 0 Å². The van der Waals surface area contributed by atoms with E-state index < -0.39 is 43.4 Å². The van der Waals surface area contributed by atoms with Crippen molar-refractivity contribution >= 4 is 5.97 Å². The minimum absolute atomic E-state index is 0.126. The average Bonchev–Trinajstić information content (AvgIpc) is 2.95. The number of rotatable bonds is 23. The molecule has 1 aliphatic rings. The summed E-state index contributed by atoms with van der Waals surface area (Å²) in [5.74, 6) is -0.351. The Balaban J connectivity index is 2.32. The van der Waals surface area contributed by atoms with E-state index >= 15 is 0 Å². The second-order valence-electron chi connectivity index (χ2n) is 10.2. The maximum Gasteiger partial charge on any atom is 0.306 e. The van der Waals surface area contributed by atoms with Crippen LogP contribution < -0.4 is 0 Å². The summed E-state index contributed by atoms with van der Waals surface area (Å²) in [6.45, 7) is 4.17. The van der Waals surface area contributed by atoms with Crippen molar-refractivity contribution in [2.24, 2.45) is 0 Å². The third-order valence-electron chi connectivity index (χ3n) is 6.57. The number of aliphatic hydroxyl groups is 4. The zero-order valence-corrected chi connectivity index (χ0v) is 24.6. The molecule has 9 nitrogen and oxygen atoms in total. The van der Waals surface area contributed by atoms with Crippen LogP contribution in [-0.2, 0) is 23.7 Å². The SMILES string of the molecule is CC/C=C\C/C=C\C/C=C\CCCCCCOCC(COC1OC(CO)C(O)C(O)C1O)OC(=O)CCCCC.